The topological polar surface area (TPSA) is 9.23 Å². The van der Waals surface area contributed by atoms with Crippen LogP contribution in [0, 0.1) is 17.8 Å². The zero-order chi connectivity index (χ0) is 20.3. The molecule has 1 aromatic carbocycles. The van der Waals surface area contributed by atoms with Crippen molar-refractivity contribution >= 4 is 0 Å². The van der Waals surface area contributed by atoms with Crippen LogP contribution in [0.25, 0.3) is 0 Å². The summed E-state index contributed by atoms with van der Waals surface area (Å²) in [6.45, 7) is 7.31. The molecule has 0 aliphatic heterocycles. The Labute approximate surface area is 179 Å². The van der Waals surface area contributed by atoms with Crippen molar-refractivity contribution in [2.24, 2.45) is 17.8 Å². The van der Waals surface area contributed by atoms with Gasteiger partial charge in [0.15, 0.2) is 0 Å². The van der Waals surface area contributed by atoms with Crippen molar-refractivity contribution in [1.82, 2.24) is 0 Å². The van der Waals surface area contributed by atoms with E-state index >= 15 is 0 Å². The first kappa shape index (κ1) is 22.3. The number of benzene rings is 1. The molecule has 2 aliphatic rings. The number of rotatable bonds is 10. The lowest BCUT2D eigenvalue weighted by Gasteiger charge is -2.38. The lowest BCUT2D eigenvalue weighted by Crippen LogP contribution is -2.25. The standard InChI is InChI=1S/C28H42O/c1-3-5-7-8-23-9-13-25(14-10-23)27-17-19-28(20-18-27)26-15-11-24(12-16-26)22-29-21-6-4-2/h3-4,6,11-12,15-16,23,25,27-28H,1,5,7-10,13-14,17-22H2,2H3/t23-,25-,27?,28?. The van der Waals surface area contributed by atoms with Crippen molar-refractivity contribution in [3.8, 4) is 0 Å². The zero-order valence-corrected chi connectivity index (χ0v) is 18.7. The van der Waals surface area contributed by atoms with Crippen molar-refractivity contribution in [2.45, 2.75) is 90.1 Å². The SMILES string of the molecule is C=CCCC[C@H]1CC[C@H](C2CCC(c3ccc(COCC=CC)cc3)CC2)CC1. The van der Waals surface area contributed by atoms with E-state index < -0.39 is 0 Å². The summed E-state index contributed by atoms with van der Waals surface area (Å²) in [6.07, 6.45) is 21.8. The fraction of sp³-hybridized carbons (Fsp3) is 0.643. The smallest absolute Gasteiger partial charge is 0.0721 e. The van der Waals surface area contributed by atoms with Crippen molar-refractivity contribution in [1.29, 1.82) is 0 Å². The van der Waals surface area contributed by atoms with E-state index in [0.29, 0.717) is 13.2 Å². The molecule has 0 N–H and O–H groups in total. The van der Waals surface area contributed by atoms with E-state index in [2.05, 4.69) is 43.0 Å². The Morgan fingerprint density at radius 1 is 0.931 bits per heavy atom. The van der Waals surface area contributed by atoms with Gasteiger partial charge in [-0.1, -0.05) is 61.8 Å². The second-order valence-corrected chi connectivity index (χ2v) is 9.44. The minimum atomic E-state index is 0.707. The van der Waals surface area contributed by atoms with Gasteiger partial charge < -0.3 is 4.74 Å². The minimum absolute atomic E-state index is 0.707. The maximum Gasteiger partial charge on any atom is 0.0721 e. The predicted octanol–water partition coefficient (Wildman–Crippen LogP) is 8.22. The van der Waals surface area contributed by atoms with E-state index in [-0.39, 0.29) is 0 Å². The average Bonchev–Trinajstić information content (AvgIpc) is 2.78. The Morgan fingerprint density at radius 2 is 1.59 bits per heavy atom. The summed E-state index contributed by atoms with van der Waals surface area (Å²) in [5.41, 5.74) is 2.84. The zero-order valence-electron chi connectivity index (χ0n) is 18.7. The minimum Gasteiger partial charge on any atom is -0.373 e. The second-order valence-electron chi connectivity index (χ2n) is 9.44. The summed E-state index contributed by atoms with van der Waals surface area (Å²) in [5, 5.41) is 0. The molecule has 0 spiro atoms. The Kier molecular flexibility index (Phi) is 9.54. The van der Waals surface area contributed by atoms with Gasteiger partial charge in [-0.25, -0.2) is 0 Å². The van der Waals surface area contributed by atoms with E-state index in [4.69, 9.17) is 4.74 Å². The van der Waals surface area contributed by atoms with Crippen molar-refractivity contribution < 1.29 is 4.74 Å². The Morgan fingerprint density at radius 3 is 2.21 bits per heavy atom. The third kappa shape index (κ3) is 7.14. The highest BCUT2D eigenvalue weighted by molar-refractivity contribution is 5.25. The van der Waals surface area contributed by atoms with E-state index in [1.165, 1.54) is 76.2 Å². The highest BCUT2D eigenvalue weighted by Gasteiger charge is 2.31. The fourth-order valence-electron chi connectivity index (χ4n) is 5.65. The molecule has 0 atom stereocenters. The van der Waals surface area contributed by atoms with Crippen molar-refractivity contribution in [3.63, 3.8) is 0 Å². The van der Waals surface area contributed by atoms with Gasteiger partial charge in [-0.3, -0.25) is 0 Å². The first-order chi connectivity index (χ1) is 14.3. The van der Waals surface area contributed by atoms with Gasteiger partial charge in [-0.2, -0.15) is 0 Å². The number of hydrogen-bond donors (Lipinski definition) is 0. The molecule has 0 radical (unpaired) electrons. The molecule has 3 rings (SSSR count). The van der Waals surface area contributed by atoms with Gasteiger partial charge in [-0.05, 0) is 93.1 Å². The van der Waals surface area contributed by atoms with E-state index in [0.717, 1.165) is 23.7 Å². The molecule has 2 fully saturated rings. The lowest BCUT2D eigenvalue weighted by atomic mass is 9.68. The second kappa shape index (κ2) is 12.4. The largest absolute Gasteiger partial charge is 0.373 e. The number of allylic oxidation sites excluding steroid dienone is 2. The molecule has 0 amide bonds. The van der Waals surface area contributed by atoms with Crippen LogP contribution in [0.5, 0.6) is 0 Å². The summed E-state index contributed by atoms with van der Waals surface area (Å²) >= 11 is 0. The summed E-state index contributed by atoms with van der Waals surface area (Å²) in [6, 6.07) is 9.25. The Bertz CT molecular complexity index is 598. The van der Waals surface area contributed by atoms with Gasteiger partial charge in [0.1, 0.15) is 0 Å². The molecule has 2 aliphatic carbocycles. The summed E-state index contributed by atoms with van der Waals surface area (Å²) in [5.74, 6) is 3.80. The van der Waals surface area contributed by atoms with Gasteiger partial charge in [0.2, 0.25) is 0 Å². The number of unbranched alkanes of at least 4 members (excludes halogenated alkanes) is 1. The molecule has 1 heteroatoms. The molecule has 160 valence electrons. The maximum absolute atomic E-state index is 5.67. The van der Waals surface area contributed by atoms with Gasteiger partial charge in [0, 0.05) is 0 Å². The van der Waals surface area contributed by atoms with Gasteiger partial charge in [-0.15, -0.1) is 6.58 Å². The predicted molar refractivity (Wildman–Crippen MR) is 125 cm³/mol. The van der Waals surface area contributed by atoms with Gasteiger partial charge in [0.05, 0.1) is 13.2 Å². The van der Waals surface area contributed by atoms with Crippen molar-refractivity contribution in [2.75, 3.05) is 6.61 Å². The molecule has 1 aromatic rings. The van der Waals surface area contributed by atoms with E-state index in [9.17, 15) is 0 Å². The van der Waals surface area contributed by atoms with Crippen LogP contribution in [0.1, 0.15) is 94.6 Å². The van der Waals surface area contributed by atoms with E-state index in [1.807, 2.05) is 13.0 Å². The van der Waals surface area contributed by atoms with Crippen LogP contribution in [0.4, 0.5) is 0 Å². The number of hydrogen-bond acceptors (Lipinski definition) is 1. The summed E-state index contributed by atoms with van der Waals surface area (Å²) < 4.78 is 5.67. The Balaban J connectivity index is 1.37. The van der Waals surface area contributed by atoms with Crippen LogP contribution < -0.4 is 0 Å². The fourth-order valence-corrected chi connectivity index (χ4v) is 5.65. The van der Waals surface area contributed by atoms with Gasteiger partial charge >= 0.3 is 0 Å². The molecular formula is C28H42O. The molecule has 1 nitrogen and oxygen atoms in total. The maximum atomic E-state index is 5.67. The third-order valence-corrected chi connectivity index (χ3v) is 7.52. The molecule has 0 saturated heterocycles. The van der Waals surface area contributed by atoms with Gasteiger partial charge in [0.25, 0.3) is 0 Å². The van der Waals surface area contributed by atoms with Crippen LogP contribution in [-0.4, -0.2) is 6.61 Å². The molecule has 29 heavy (non-hydrogen) atoms. The van der Waals surface area contributed by atoms with E-state index in [1.54, 1.807) is 5.56 Å². The molecule has 0 unspecified atom stereocenters. The third-order valence-electron chi connectivity index (χ3n) is 7.52. The van der Waals surface area contributed by atoms with Crippen LogP contribution in [0.3, 0.4) is 0 Å². The first-order valence-electron chi connectivity index (χ1n) is 12.2. The quantitative estimate of drug-likeness (QED) is 0.287. The molecule has 0 bridgehead atoms. The molecule has 2 saturated carbocycles. The highest BCUT2D eigenvalue weighted by Crippen LogP contribution is 2.44. The summed E-state index contributed by atoms with van der Waals surface area (Å²) in [7, 11) is 0. The van der Waals surface area contributed by atoms with Crippen LogP contribution in [0.15, 0.2) is 49.1 Å². The average molecular weight is 395 g/mol. The van der Waals surface area contributed by atoms with Crippen LogP contribution in [0.2, 0.25) is 0 Å². The molecule has 0 heterocycles. The summed E-state index contributed by atoms with van der Waals surface area (Å²) in [4.78, 5) is 0. The molecule has 0 aromatic heterocycles. The normalized spacial score (nSPS) is 27.9. The monoisotopic (exact) mass is 394 g/mol. The molecular weight excluding hydrogens is 352 g/mol. The highest BCUT2D eigenvalue weighted by atomic mass is 16.5. The lowest BCUT2D eigenvalue weighted by molar-refractivity contribution is 0.148. The first-order valence-corrected chi connectivity index (χ1v) is 12.2. The van der Waals surface area contributed by atoms with Crippen LogP contribution >= 0.6 is 0 Å². The Hall–Kier alpha value is -1.34. The number of ether oxygens (including phenoxy) is 1. The van der Waals surface area contributed by atoms with Crippen LogP contribution in [-0.2, 0) is 11.3 Å². The van der Waals surface area contributed by atoms with Crippen molar-refractivity contribution in [3.05, 3.63) is 60.2 Å².